The first-order valence-electron chi connectivity index (χ1n) is 7.50. The molecular weight excluding hydrogens is 368 g/mol. The van der Waals surface area contributed by atoms with Gasteiger partial charge in [0.1, 0.15) is 5.60 Å². The number of carbonyl (C=O) groups is 1. The second kappa shape index (κ2) is 7.27. The van der Waals surface area contributed by atoms with Crippen molar-refractivity contribution in [3.05, 3.63) is 15.0 Å². The van der Waals surface area contributed by atoms with E-state index in [0.717, 1.165) is 21.6 Å². The highest BCUT2D eigenvalue weighted by Crippen LogP contribution is 2.35. The van der Waals surface area contributed by atoms with Gasteiger partial charge in [0.05, 0.1) is 21.6 Å². The van der Waals surface area contributed by atoms with Crippen LogP contribution in [-0.2, 0) is 4.74 Å². The van der Waals surface area contributed by atoms with Crippen molar-refractivity contribution in [2.75, 3.05) is 19.7 Å². The number of likely N-dealkylation sites (tertiary alicyclic amines) is 1. The molecule has 1 aliphatic rings. The zero-order valence-electron chi connectivity index (χ0n) is 13.2. The van der Waals surface area contributed by atoms with E-state index in [1.807, 2.05) is 20.8 Å². The van der Waals surface area contributed by atoms with E-state index in [4.69, 9.17) is 4.74 Å². The molecule has 1 fully saturated rings. The van der Waals surface area contributed by atoms with Crippen molar-refractivity contribution in [3.8, 4) is 0 Å². The summed E-state index contributed by atoms with van der Waals surface area (Å²) in [4.78, 5) is 18.2. The molecule has 0 aliphatic carbocycles. The summed E-state index contributed by atoms with van der Waals surface area (Å²) in [5.74, 6) is 0.402. The normalized spacial score (nSPS) is 18.3. The quantitative estimate of drug-likeness (QED) is 0.855. The molecule has 1 amide bonds. The summed E-state index contributed by atoms with van der Waals surface area (Å²) in [6, 6.07) is 0. The van der Waals surface area contributed by atoms with Crippen LogP contribution in [-0.4, -0.2) is 46.4 Å². The fraction of sp³-hybridized carbons (Fsp3) is 0.733. The molecule has 0 bridgehead atoms. The number of amides is 1. The van der Waals surface area contributed by atoms with Crippen LogP contribution >= 0.6 is 27.3 Å². The minimum absolute atomic E-state index is 0.0529. The second-order valence-corrected chi connectivity index (χ2v) is 9.04. The van der Waals surface area contributed by atoms with E-state index >= 15 is 0 Å². The Morgan fingerprint density at radius 3 is 2.64 bits per heavy atom. The first-order chi connectivity index (χ1) is 10.3. The van der Waals surface area contributed by atoms with Gasteiger partial charge in [0.2, 0.25) is 0 Å². The summed E-state index contributed by atoms with van der Waals surface area (Å²) < 4.78 is 6.39. The molecule has 2 rings (SSSR count). The first kappa shape index (κ1) is 17.7. The van der Waals surface area contributed by atoms with Crippen LogP contribution in [0.2, 0.25) is 0 Å². The minimum atomic E-state index is -0.464. The van der Waals surface area contributed by atoms with Gasteiger partial charge in [0.25, 0.3) is 0 Å². The maximum Gasteiger partial charge on any atom is 0.410 e. The number of carbonyl (C=O) groups excluding carboxylic acids is 1. The molecule has 0 radical (unpaired) electrons. The van der Waals surface area contributed by atoms with Crippen LogP contribution in [0.25, 0.3) is 0 Å². The van der Waals surface area contributed by atoms with Gasteiger partial charge in [0.15, 0.2) is 0 Å². The molecule has 7 heteroatoms. The topological polar surface area (TPSA) is 62.7 Å². The van der Waals surface area contributed by atoms with Crippen molar-refractivity contribution < 1.29 is 14.6 Å². The summed E-state index contributed by atoms with van der Waals surface area (Å²) in [5, 5.41) is 10.7. The van der Waals surface area contributed by atoms with Crippen molar-refractivity contribution in [2.24, 2.45) is 5.92 Å². The highest BCUT2D eigenvalue weighted by Gasteiger charge is 2.32. The monoisotopic (exact) mass is 390 g/mol. The number of ether oxygens (including phenoxy) is 1. The average Bonchev–Trinajstić information content (AvgIpc) is 2.85. The van der Waals surface area contributed by atoms with Gasteiger partial charge in [-0.15, -0.1) is 11.3 Å². The molecule has 22 heavy (non-hydrogen) atoms. The van der Waals surface area contributed by atoms with Crippen molar-refractivity contribution >= 4 is 33.4 Å². The van der Waals surface area contributed by atoms with Crippen LogP contribution in [0.4, 0.5) is 4.79 Å². The van der Waals surface area contributed by atoms with Crippen LogP contribution in [0.15, 0.2) is 9.98 Å². The molecule has 1 atom stereocenters. The highest BCUT2D eigenvalue weighted by atomic mass is 79.9. The Bertz CT molecular complexity index is 507. The smallest absolute Gasteiger partial charge is 0.410 e. The molecule has 1 aromatic rings. The molecule has 2 heterocycles. The lowest BCUT2D eigenvalue weighted by Gasteiger charge is -2.35. The van der Waals surface area contributed by atoms with Gasteiger partial charge in [-0.2, -0.15) is 0 Å². The van der Waals surface area contributed by atoms with Gasteiger partial charge in [-0.25, -0.2) is 9.78 Å². The summed E-state index contributed by atoms with van der Waals surface area (Å²) in [5.41, 5.74) is -0.464. The van der Waals surface area contributed by atoms with Crippen LogP contribution < -0.4 is 0 Å². The number of piperidine rings is 1. The lowest BCUT2D eigenvalue weighted by atomic mass is 9.85. The van der Waals surface area contributed by atoms with Gasteiger partial charge in [0, 0.05) is 19.0 Å². The third-order valence-corrected chi connectivity index (χ3v) is 5.38. The number of nitrogens with zero attached hydrogens (tertiary/aromatic N) is 2. The maximum atomic E-state index is 12.1. The number of hydrogen-bond acceptors (Lipinski definition) is 5. The van der Waals surface area contributed by atoms with E-state index in [1.54, 1.807) is 22.4 Å². The molecule has 1 N–H and O–H groups in total. The fourth-order valence-corrected chi connectivity index (χ4v) is 4.11. The number of halogens is 1. The van der Waals surface area contributed by atoms with Crippen LogP contribution in [0.5, 0.6) is 0 Å². The number of rotatable bonds is 3. The molecule has 0 aromatic carbocycles. The SMILES string of the molecule is CC(C)(C)OC(=O)N1CCC(C(CO)c2ncc(Br)s2)CC1. The molecule has 1 aromatic heterocycles. The molecule has 0 saturated carbocycles. The standard InChI is InChI=1S/C15H23BrN2O3S/c1-15(2,3)21-14(20)18-6-4-10(5-7-18)11(9-19)13-17-8-12(16)22-13/h8,10-11,19H,4-7,9H2,1-3H3. The Hall–Kier alpha value is -0.660. The van der Waals surface area contributed by atoms with E-state index in [0.29, 0.717) is 19.0 Å². The zero-order chi connectivity index (χ0) is 16.3. The van der Waals surface area contributed by atoms with Gasteiger partial charge in [-0.05, 0) is 55.5 Å². The zero-order valence-corrected chi connectivity index (χ0v) is 15.6. The lowest BCUT2D eigenvalue weighted by molar-refractivity contribution is 0.0165. The number of hydrogen-bond donors (Lipinski definition) is 1. The average molecular weight is 391 g/mol. The summed E-state index contributed by atoms with van der Waals surface area (Å²) in [6.07, 6.45) is 3.26. The lowest BCUT2D eigenvalue weighted by Crippen LogP contribution is -2.42. The Labute approximate surface area is 143 Å². The van der Waals surface area contributed by atoms with E-state index in [9.17, 15) is 9.90 Å². The second-order valence-electron chi connectivity index (χ2n) is 6.60. The van der Waals surface area contributed by atoms with Crippen LogP contribution in [0, 0.1) is 5.92 Å². The molecule has 124 valence electrons. The number of aromatic nitrogens is 1. The Kier molecular flexibility index (Phi) is 5.85. The summed E-state index contributed by atoms with van der Waals surface area (Å²) in [7, 11) is 0. The summed E-state index contributed by atoms with van der Waals surface area (Å²) >= 11 is 4.98. The van der Waals surface area contributed by atoms with Gasteiger partial charge in [-0.3, -0.25) is 0 Å². The van der Waals surface area contributed by atoms with E-state index in [-0.39, 0.29) is 18.6 Å². The molecule has 5 nitrogen and oxygen atoms in total. The Balaban J connectivity index is 1.92. The predicted octanol–water partition coefficient (Wildman–Crippen LogP) is 3.63. The van der Waals surface area contributed by atoms with Gasteiger partial charge in [-0.1, -0.05) is 0 Å². The predicted molar refractivity (Wildman–Crippen MR) is 90.2 cm³/mol. The maximum absolute atomic E-state index is 12.1. The van der Waals surface area contributed by atoms with Crippen molar-refractivity contribution in [3.63, 3.8) is 0 Å². The van der Waals surface area contributed by atoms with Crippen LogP contribution in [0.3, 0.4) is 0 Å². The van der Waals surface area contributed by atoms with Gasteiger partial charge >= 0.3 is 6.09 Å². The number of aliphatic hydroxyl groups is 1. The van der Waals surface area contributed by atoms with Crippen molar-refractivity contribution in [1.29, 1.82) is 0 Å². The highest BCUT2D eigenvalue weighted by molar-refractivity contribution is 9.11. The van der Waals surface area contributed by atoms with E-state index < -0.39 is 5.60 Å². The van der Waals surface area contributed by atoms with Crippen molar-refractivity contribution in [2.45, 2.75) is 45.1 Å². The summed E-state index contributed by atoms with van der Waals surface area (Å²) in [6.45, 7) is 7.06. The third-order valence-electron chi connectivity index (χ3n) is 3.77. The van der Waals surface area contributed by atoms with E-state index in [1.165, 1.54) is 0 Å². The molecular formula is C15H23BrN2O3S. The Morgan fingerprint density at radius 2 is 2.18 bits per heavy atom. The molecule has 1 saturated heterocycles. The van der Waals surface area contributed by atoms with Crippen molar-refractivity contribution in [1.82, 2.24) is 9.88 Å². The molecule has 1 unspecified atom stereocenters. The number of aliphatic hydroxyl groups excluding tert-OH is 1. The largest absolute Gasteiger partial charge is 0.444 e. The van der Waals surface area contributed by atoms with Gasteiger partial charge < -0.3 is 14.7 Å². The third kappa shape index (κ3) is 4.67. The molecule has 1 aliphatic heterocycles. The van der Waals surface area contributed by atoms with E-state index in [2.05, 4.69) is 20.9 Å². The fourth-order valence-electron chi connectivity index (χ4n) is 2.68. The first-order valence-corrected chi connectivity index (χ1v) is 9.11. The van der Waals surface area contributed by atoms with Crippen LogP contribution in [0.1, 0.15) is 44.5 Å². The number of thiazole rings is 1. The minimum Gasteiger partial charge on any atom is -0.444 e. The Morgan fingerprint density at radius 1 is 1.55 bits per heavy atom. The molecule has 0 spiro atoms.